The van der Waals surface area contributed by atoms with Crippen molar-refractivity contribution in [3.05, 3.63) is 53.1 Å². The summed E-state index contributed by atoms with van der Waals surface area (Å²) in [5.41, 5.74) is 4.84. The number of hydrogen-bond acceptors (Lipinski definition) is 4. The molecule has 1 aliphatic heterocycles. The first kappa shape index (κ1) is 18.0. The molecule has 4 rings (SSSR count). The zero-order valence-electron chi connectivity index (χ0n) is 15.9. The fraction of sp³-hybridized carbons (Fsp3) is 0.364. The van der Waals surface area contributed by atoms with Crippen molar-refractivity contribution < 1.29 is 4.79 Å². The van der Waals surface area contributed by atoms with Crippen molar-refractivity contribution in [3.63, 3.8) is 0 Å². The van der Waals surface area contributed by atoms with Gasteiger partial charge in [-0.15, -0.1) is 0 Å². The van der Waals surface area contributed by atoms with Crippen molar-refractivity contribution in [2.24, 2.45) is 0 Å². The lowest BCUT2D eigenvalue weighted by atomic mass is 10.1. The lowest BCUT2D eigenvalue weighted by Gasteiger charge is -2.25. The van der Waals surface area contributed by atoms with Crippen molar-refractivity contribution in [2.45, 2.75) is 39.5 Å². The van der Waals surface area contributed by atoms with Gasteiger partial charge in [-0.25, -0.2) is 4.98 Å². The molecule has 0 radical (unpaired) electrons. The number of thiazole rings is 1. The van der Waals surface area contributed by atoms with Crippen molar-refractivity contribution in [1.82, 2.24) is 4.98 Å². The second kappa shape index (κ2) is 7.69. The van der Waals surface area contributed by atoms with E-state index >= 15 is 0 Å². The van der Waals surface area contributed by atoms with Gasteiger partial charge in [-0.05, 0) is 61.9 Å². The monoisotopic (exact) mass is 379 g/mol. The van der Waals surface area contributed by atoms with E-state index in [0.29, 0.717) is 5.56 Å². The molecule has 4 nitrogen and oxygen atoms in total. The molecule has 1 aliphatic rings. The maximum absolute atomic E-state index is 12.8. The molecule has 3 aromatic rings. The Bertz CT molecular complexity index is 973. The molecule has 0 unspecified atom stereocenters. The fourth-order valence-electron chi connectivity index (χ4n) is 3.66. The van der Waals surface area contributed by atoms with Crippen LogP contribution >= 0.6 is 11.3 Å². The molecule has 140 valence electrons. The molecule has 0 spiro atoms. The van der Waals surface area contributed by atoms with Gasteiger partial charge in [-0.3, -0.25) is 4.79 Å². The normalized spacial score (nSPS) is 14.5. The van der Waals surface area contributed by atoms with Gasteiger partial charge in [0.2, 0.25) is 0 Å². The Morgan fingerprint density at radius 1 is 1.19 bits per heavy atom. The molecule has 27 heavy (non-hydrogen) atoms. The highest BCUT2D eigenvalue weighted by molar-refractivity contribution is 7.22. The Morgan fingerprint density at radius 3 is 2.78 bits per heavy atom. The van der Waals surface area contributed by atoms with Crippen molar-refractivity contribution in [2.75, 3.05) is 23.3 Å². The van der Waals surface area contributed by atoms with Crippen molar-refractivity contribution in [3.8, 4) is 0 Å². The van der Waals surface area contributed by atoms with Crippen LogP contribution in [0.4, 0.5) is 10.8 Å². The minimum atomic E-state index is -0.0613. The Labute approximate surface area is 164 Å². The van der Waals surface area contributed by atoms with Crippen molar-refractivity contribution in [1.29, 1.82) is 0 Å². The van der Waals surface area contributed by atoms with Crippen LogP contribution < -0.4 is 10.2 Å². The smallest absolute Gasteiger partial charge is 0.255 e. The standard InChI is InChI=1S/C22H25N3OS/c1-3-16-9-7-8-15(2)20(16)24-21(26)17-10-11-18-19(14-17)27-22(23-18)25-12-5-4-6-13-25/h7-11,14H,3-6,12-13H2,1-2H3,(H,24,26). The number of aryl methyl sites for hydroxylation is 2. The maximum atomic E-state index is 12.8. The van der Waals surface area contributed by atoms with Crippen LogP contribution in [0.1, 0.15) is 47.7 Å². The van der Waals surface area contributed by atoms with E-state index < -0.39 is 0 Å². The van der Waals surface area contributed by atoms with Gasteiger partial charge in [0.15, 0.2) is 5.13 Å². The van der Waals surface area contributed by atoms with E-state index in [2.05, 4.69) is 23.2 Å². The highest BCUT2D eigenvalue weighted by atomic mass is 32.1. The van der Waals surface area contributed by atoms with Gasteiger partial charge in [0.25, 0.3) is 5.91 Å². The zero-order valence-corrected chi connectivity index (χ0v) is 16.7. The van der Waals surface area contributed by atoms with Crippen LogP contribution in [0, 0.1) is 6.92 Å². The molecule has 1 N–H and O–H groups in total. The third-order valence-corrected chi connectivity index (χ3v) is 6.32. The summed E-state index contributed by atoms with van der Waals surface area (Å²) in [5, 5.41) is 4.19. The van der Waals surface area contributed by atoms with E-state index in [1.54, 1.807) is 11.3 Å². The number of nitrogens with one attached hydrogen (secondary N) is 1. The summed E-state index contributed by atoms with van der Waals surface area (Å²) in [5.74, 6) is -0.0613. The van der Waals surface area contributed by atoms with Crippen LogP contribution in [0.2, 0.25) is 0 Å². The number of aromatic nitrogens is 1. The summed E-state index contributed by atoms with van der Waals surface area (Å²) in [7, 11) is 0. The van der Waals surface area contributed by atoms with E-state index in [4.69, 9.17) is 4.98 Å². The van der Waals surface area contributed by atoms with Gasteiger partial charge in [-0.1, -0.05) is 36.5 Å². The van der Waals surface area contributed by atoms with Gasteiger partial charge in [-0.2, -0.15) is 0 Å². The predicted octanol–water partition coefficient (Wildman–Crippen LogP) is 5.41. The van der Waals surface area contributed by atoms with Crippen LogP contribution in [-0.2, 0) is 6.42 Å². The number of nitrogens with zero attached hydrogens (tertiary/aromatic N) is 2. The quantitative estimate of drug-likeness (QED) is 0.659. The number of amides is 1. The van der Waals surface area contributed by atoms with Crippen LogP contribution in [0.5, 0.6) is 0 Å². The summed E-state index contributed by atoms with van der Waals surface area (Å²) in [6, 6.07) is 12.0. The van der Waals surface area contributed by atoms with Gasteiger partial charge in [0.05, 0.1) is 10.2 Å². The number of hydrogen-bond donors (Lipinski definition) is 1. The molecule has 0 bridgehead atoms. The minimum Gasteiger partial charge on any atom is -0.348 e. The van der Waals surface area contributed by atoms with Gasteiger partial charge < -0.3 is 10.2 Å². The molecule has 1 aromatic heterocycles. The second-order valence-corrected chi connectivity index (χ2v) is 8.15. The van der Waals surface area contributed by atoms with E-state index in [9.17, 15) is 4.79 Å². The molecular weight excluding hydrogens is 354 g/mol. The molecule has 2 heterocycles. The maximum Gasteiger partial charge on any atom is 0.255 e. The van der Waals surface area contributed by atoms with E-state index in [0.717, 1.165) is 51.7 Å². The summed E-state index contributed by atoms with van der Waals surface area (Å²) in [6.07, 6.45) is 4.67. The predicted molar refractivity (Wildman–Crippen MR) is 114 cm³/mol. The summed E-state index contributed by atoms with van der Waals surface area (Å²) < 4.78 is 1.07. The highest BCUT2D eigenvalue weighted by Crippen LogP contribution is 2.31. The number of carbonyl (C=O) groups excluding carboxylic acids is 1. The molecule has 0 saturated carbocycles. The Hall–Kier alpha value is -2.40. The number of fused-ring (bicyclic) bond motifs is 1. The van der Waals surface area contributed by atoms with Crippen LogP contribution in [0.3, 0.4) is 0 Å². The fourth-order valence-corrected chi connectivity index (χ4v) is 4.72. The summed E-state index contributed by atoms with van der Waals surface area (Å²) in [6.45, 7) is 6.31. The zero-order chi connectivity index (χ0) is 18.8. The average Bonchev–Trinajstić information content (AvgIpc) is 3.13. The highest BCUT2D eigenvalue weighted by Gasteiger charge is 2.17. The first-order chi connectivity index (χ1) is 13.2. The Kier molecular flexibility index (Phi) is 5.12. The molecule has 1 saturated heterocycles. The number of anilines is 2. The Balaban J connectivity index is 1.59. The number of carbonyl (C=O) groups is 1. The molecule has 5 heteroatoms. The Morgan fingerprint density at radius 2 is 2.00 bits per heavy atom. The van der Waals surface area contributed by atoms with Crippen LogP contribution in [-0.4, -0.2) is 24.0 Å². The summed E-state index contributed by atoms with van der Waals surface area (Å²) >= 11 is 1.69. The molecular formula is C22H25N3OS. The largest absolute Gasteiger partial charge is 0.348 e. The lowest BCUT2D eigenvalue weighted by Crippen LogP contribution is -2.29. The summed E-state index contributed by atoms with van der Waals surface area (Å²) in [4.78, 5) is 20.0. The third kappa shape index (κ3) is 3.69. The molecule has 1 amide bonds. The average molecular weight is 380 g/mol. The van der Waals surface area contributed by atoms with Gasteiger partial charge >= 0.3 is 0 Å². The topological polar surface area (TPSA) is 45.2 Å². The minimum absolute atomic E-state index is 0.0613. The second-order valence-electron chi connectivity index (χ2n) is 7.14. The van der Waals surface area contributed by atoms with E-state index in [-0.39, 0.29) is 5.91 Å². The number of piperidine rings is 1. The molecule has 1 fully saturated rings. The van der Waals surface area contributed by atoms with Gasteiger partial charge in [0, 0.05) is 24.3 Å². The van der Waals surface area contributed by atoms with Gasteiger partial charge in [0.1, 0.15) is 0 Å². The van der Waals surface area contributed by atoms with Crippen LogP contribution in [0.25, 0.3) is 10.2 Å². The molecule has 0 aliphatic carbocycles. The first-order valence-electron chi connectivity index (χ1n) is 9.71. The molecule has 0 atom stereocenters. The number of rotatable bonds is 4. The first-order valence-corrected chi connectivity index (χ1v) is 10.5. The number of benzene rings is 2. The number of para-hydroxylation sites is 1. The molecule has 2 aromatic carbocycles. The van der Waals surface area contributed by atoms with E-state index in [1.165, 1.54) is 19.3 Å². The SMILES string of the molecule is CCc1cccc(C)c1NC(=O)c1ccc2nc(N3CCCCC3)sc2c1. The van der Waals surface area contributed by atoms with Crippen molar-refractivity contribution >= 4 is 38.3 Å². The van der Waals surface area contributed by atoms with Crippen LogP contribution in [0.15, 0.2) is 36.4 Å². The van der Waals surface area contributed by atoms with E-state index in [1.807, 2.05) is 37.3 Å². The lowest BCUT2D eigenvalue weighted by molar-refractivity contribution is 0.102. The third-order valence-electron chi connectivity index (χ3n) is 5.24.